The molecule has 0 saturated carbocycles. The average molecular weight is 328 g/mol. The highest BCUT2D eigenvalue weighted by Gasteiger charge is 2.20. The van der Waals surface area contributed by atoms with E-state index in [2.05, 4.69) is 4.98 Å². The third kappa shape index (κ3) is 2.78. The van der Waals surface area contributed by atoms with E-state index < -0.39 is 23.1 Å². The Kier molecular flexibility index (Phi) is 4.12. The average Bonchev–Trinajstić information content (AvgIpc) is 2.57. The number of aromatic nitrogens is 1. The molecule has 0 fully saturated rings. The van der Waals surface area contributed by atoms with Crippen LogP contribution in [0.25, 0.3) is 10.9 Å². The van der Waals surface area contributed by atoms with Gasteiger partial charge in [-0.1, -0.05) is 18.2 Å². The molecule has 3 rings (SSSR count). The van der Waals surface area contributed by atoms with Crippen LogP contribution in [0.3, 0.4) is 0 Å². The zero-order valence-electron chi connectivity index (χ0n) is 12.8. The molecule has 3 aromatic rings. The summed E-state index contributed by atoms with van der Waals surface area (Å²) in [7, 11) is 0. The first-order valence-electron chi connectivity index (χ1n) is 7.40. The molecule has 0 saturated heterocycles. The number of amides is 1. The maximum atomic E-state index is 13.5. The Morgan fingerprint density at radius 1 is 1.08 bits per heavy atom. The second-order valence-corrected chi connectivity index (χ2v) is 5.24. The minimum Gasteiger partial charge on any atom is -0.322 e. The van der Waals surface area contributed by atoms with Gasteiger partial charge in [0.05, 0.1) is 5.56 Å². The number of nitrogens with zero attached hydrogens (tertiary/aromatic N) is 1. The van der Waals surface area contributed by atoms with Gasteiger partial charge in [0, 0.05) is 35.3 Å². The highest BCUT2D eigenvalue weighted by Crippen LogP contribution is 2.22. The number of benzene rings is 2. The quantitative estimate of drug-likeness (QED) is 0.800. The van der Waals surface area contributed by atoms with E-state index in [0.29, 0.717) is 10.9 Å². The molecule has 0 bridgehead atoms. The van der Waals surface area contributed by atoms with E-state index in [1.165, 1.54) is 17.0 Å². The van der Waals surface area contributed by atoms with Crippen LogP contribution >= 0.6 is 0 Å². The number of para-hydroxylation sites is 1. The van der Waals surface area contributed by atoms with E-state index in [-0.39, 0.29) is 17.8 Å². The summed E-state index contributed by atoms with van der Waals surface area (Å²) in [4.78, 5) is 28.7. The molecule has 1 N–H and O–H groups in total. The lowest BCUT2D eigenvalue weighted by Crippen LogP contribution is -2.31. The summed E-state index contributed by atoms with van der Waals surface area (Å²) in [6.07, 6.45) is 0. The third-order valence-corrected chi connectivity index (χ3v) is 3.76. The van der Waals surface area contributed by atoms with Crippen molar-refractivity contribution < 1.29 is 13.6 Å². The van der Waals surface area contributed by atoms with Crippen LogP contribution in [0.2, 0.25) is 0 Å². The van der Waals surface area contributed by atoms with Crippen molar-refractivity contribution in [2.45, 2.75) is 6.92 Å². The van der Waals surface area contributed by atoms with Gasteiger partial charge >= 0.3 is 0 Å². The summed E-state index contributed by atoms with van der Waals surface area (Å²) in [5.41, 5.74) is 0.569. The molecule has 0 atom stereocenters. The summed E-state index contributed by atoms with van der Waals surface area (Å²) in [6, 6.07) is 11.4. The standard InChI is InChI=1S/C18H14F2N2O2/c1-2-22(11-7-8-14(19)15(20)9-11)18(24)13-10-17(23)21-16-6-4-3-5-12(13)16/h3-10H,2H2,1H3,(H,21,23). The Labute approximate surface area is 136 Å². The third-order valence-electron chi connectivity index (χ3n) is 3.76. The Morgan fingerprint density at radius 3 is 2.54 bits per heavy atom. The molecule has 6 heteroatoms. The number of carbonyl (C=O) groups is 1. The van der Waals surface area contributed by atoms with Crippen LogP contribution in [0.4, 0.5) is 14.5 Å². The first kappa shape index (κ1) is 15.9. The van der Waals surface area contributed by atoms with Gasteiger partial charge in [0.15, 0.2) is 11.6 Å². The molecule has 0 aliphatic heterocycles. The summed E-state index contributed by atoms with van der Waals surface area (Å²) < 4.78 is 26.6. The van der Waals surface area contributed by atoms with Crippen LogP contribution in [0, 0.1) is 11.6 Å². The smallest absolute Gasteiger partial charge is 0.259 e. The fourth-order valence-corrected chi connectivity index (χ4v) is 2.62. The van der Waals surface area contributed by atoms with Gasteiger partial charge in [-0.15, -0.1) is 0 Å². The van der Waals surface area contributed by atoms with Crippen LogP contribution in [0.1, 0.15) is 17.3 Å². The van der Waals surface area contributed by atoms with Gasteiger partial charge in [-0.25, -0.2) is 8.78 Å². The monoisotopic (exact) mass is 328 g/mol. The summed E-state index contributed by atoms with van der Waals surface area (Å²) in [5.74, 6) is -2.47. The van der Waals surface area contributed by atoms with Crippen molar-refractivity contribution in [1.29, 1.82) is 0 Å². The predicted octanol–water partition coefficient (Wildman–Crippen LogP) is 3.47. The normalized spacial score (nSPS) is 10.8. The van der Waals surface area contributed by atoms with Crippen molar-refractivity contribution in [2.24, 2.45) is 0 Å². The molecule has 24 heavy (non-hydrogen) atoms. The van der Waals surface area contributed by atoms with E-state index in [1.54, 1.807) is 31.2 Å². The number of anilines is 1. The number of H-pyrrole nitrogens is 1. The van der Waals surface area contributed by atoms with Gasteiger partial charge in [-0.2, -0.15) is 0 Å². The molecular weight excluding hydrogens is 314 g/mol. The molecule has 0 unspecified atom stereocenters. The van der Waals surface area contributed by atoms with Gasteiger partial charge in [0.1, 0.15) is 0 Å². The maximum absolute atomic E-state index is 13.5. The zero-order chi connectivity index (χ0) is 17.3. The highest BCUT2D eigenvalue weighted by atomic mass is 19.2. The minimum atomic E-state index is -1.03. The Hall–Kier alpha value is -3.02. The molecule has 1 amide bonds. The van der Waals surface area contributed by atoms with E-state index in [4.69, 9.17) is 0 Å². The molecule has 4 nitrogen and oxygen atoms in total. The molecule has 0 aliphatic carbocycles. The molecule has 0 spiro atoms. The molecule has 1 heterocycles. The molecule has 2 aromatic carbocycles. The van der Waals surface area contributed by atoms with Crippen molar-refractivity contribution in [3.63, 3.8) is 0 Å². The van der Waals surface area contributed by atoms with Gasteiger partial charge < -0.3 is 9.88 Å². The lowest BCUT2D eigenvalue weighted by atomic mass is 10.1. The number of carbonyl (C=O) groups excluding carboxylic acids is 1. The van der Waals surface area contributed by atoms with Crippen LogP contribution in [-0.4, -0.2) is 17.4 Å². The largest absolute Gasteiger partial charge is 0.322 e. The second kappa shape index (κ2) is 6.23. The predicted molar refractivity (Wildman–Crippen MR) is 88.3 cm³/mol. The number of fused-ring (bicyclic) bond motifs is 1. The molecule has 0 aliphatic rings. The Morgan fingerprint density at radius 2 is 1.83 bits per heavy atom. The van der Waals surface area contributed by atoms with Gasteiger partial charge in [0.2, 0.25) is 5.56 Å². The summed E-state index contributed by atoms with van der Waals surface area (Å²) in [5, 5.41) is 0.586. The van der Waals surface area contributed by atoms with Crippen molar-refractivity contribution in [3.05, 3.63) is 76.1 Å². The van der Waals surface area contributed by atoms with Crippen molar-refractivity contribution in [1.82, 2.24) is 4.98 Å². The fourth-order valence-electron chi connectivity index (χ4n) is 2.62. The topological polar surface area (TPSA) is 53.2 Å². The van der Waals surface area contributed by atoms with Crippen molar-refractivity contribution in [3.8, 4) is 0 Å². The molecule has 0 radical (unpaired) electrons. The van der Waals surface area contributed by atoms with E-state index in [0.717, 1.165) is 12.1 Å². The molecule has 1 aromatic heterocycles. The number of rotatable bonds is 3. The van der Waals surface area contributed by atoms with Crippen LogP contribution < -0.4 is 10.5 Å². The van der Waals surface area contributed by atoms with E-state index in [9.17, 15) is 18.4 Å². The number of nitrogens with one attached hydrogen (secondary N) is 1. The highest BCUT2D eigenvalue weighted by molar-refractivity contribution is 6.13. The lowest BCUT2D eigenvalue weighted by Gasteiger charge is -2.22. The number of halogens is 2. The van der Waals surface area contributed by atoms with Gasteiger partial charge in [-0.3, -0.25) is 9.59 Å². The fraction of sp³-hybridized carbons (Fsp3) is 0.111. The summed E-state index contributed by atoms with van der Waals surface area (Å²) >= 11 is 0. The van der Waals surface area contributed by atoms with Gasteiger partial charge in [-0.05, 0) is 25.1 Å². The van der Waals surface area contributed by atoms with Crippen molar-refractivity contribution in [2.75, 3.05) is 11.4 Å². The zero-order valence-corrected chi connectivity index (χ0v) is 12.8. The van der Waals surface area contributed by atoms with Crippen LogP contribution in [-0.2, 0) is 0 Å². The number of pyridine rings is 1. The van der Waals surface area contributed by atoms with E-state index in [1.807, 2.05) is 0 Å². The summed E-state index contributed by atoms with van der Waals surface area (Å²) in [6.45, 7) is 1.96. The van der Waals surface area contributed by atoms with Gasteiger partial charge in [0.25, 0.3) is 5.91 Å². The Bertz CT molecular complexity index is 982. The Balaban J connectivity index is 2.13. The minimum absolute atomic E-state index is 0.209. The van der Waals surface area contributed by atoms with E-state index >= 15 is 0 Å². The maximum Gasteiger partial charge on any atom is 0.259 e. The van der Waals surface area contributed by atoms with Crippen LogP contribution in [0.5, 0.6) is 0 Å². The first-order valence-corrected chi connectivity index (χ1v) is 7.40. The number of aromatic amines is 1. The van der Waals surface area contributed by atoms with Crippen molar-refractivity contribution >= 4 is 22.5 Å². The van der Waals surface area contributed by atoms with Crippen LogP contribution in [0.15, 0.2) is 53.3 Å². The molecular formula is C18H14F2N2O2. The lowest BCUT2D eigenvalue weighted by molar-refractivity contribution is 0.0989. The molecule has 122 valence electrons. The SMILES string of the molecule is CCN(C(=O)c1cc(=O)[nH]c2ccccc12)c1ccc(F)c(F)c1. The number of hydrogen-bond donors (Lipinski definition) is 1. The first-order chi connectivity index (χ1) is 11.5. The number of hydrogen-bond acceptors (Lipinski definition) is 2. The second-order valence-electron chi connectivity index (χ2n) is 5.24.